The fourth-order valence-electron chi connectivity index (χ4n) is 1.43. The third kappa shape index (κ3) is 8.27. The number of nitrogens with one attached hydrogen (secondary N) is 1. The van der Waals surface area contributed by atoms with Crippen molar-refractivity contribution in [3.05, 3.63) is 12.2 Å². The molecule has 0 fully saturated rings. The molecule has 0 aromatic rings. The Balaban J connectivity index is 3.59. The minimum atomic E-state index is 0.586. The summed E-state index contributed by atoms with van der Waals surface area (Å²) in [5.41, 5.74) is 1.27. The van der Waals surface area contributed by atoms with Gasteiger partial charge in [0.15, 0.2) is 0 Å². The van der Waals surface area contributed by atoms with Gasteiger partial charge in [-0.3, -0.25) is 0 Å². The van der Waals surface area contributed by atoms with Gasteiger partial charge in [0.1, 0.15) is 0 Å². The molecular formula is C12H25NO. The lowest BCUT2D eigenvalue weighted by molar-refractivity contribution is 0.135. The van der Waals surface area contributed by atoms with Crippen LogP contribution in [0.15, 0.2) is 12.2 Å². The van der Waals surface area contributed by atoms with Crippen molar-refractivity contribution in [1.29, 1.82) is 0 Å². The minimum absolute atomic E-state index is 0.586. The van der Waals surface area contributed by atoms with Crippen molar-refractivity contribution in [2.24, 2.45) is 0 Å². The van der Waals surface area contributed by atoms with Crippen molar-refractivity contribution in [3.63, 3.8) is 0 Å². The van der Waals surface area contributed by atoms with Gasteiger partial charge in [-0.2, -0.15) is 0 Å². The van der Waals surface area contributed by atoms with Crippen LogP contribution in [-0.2, 0) is 4.74 Å². The van der Waals surface area contributed by atoms with E-state index in [1.54, 1.807) is 0 Å². The Morgan fingerprint density at radius 3 is 2.57 bits per heavy atom. The number of allylic oxidation sites excluding steroid dienone is 1. The zero-order valence-electron chi connectivity index (χ0n) is 9.94. The lowest BCUT2D eigenvalue weighted by atomic mass is 10.1. The normalized spacial score (nSPS) is 12.8. The average Bonchev–Trinajstić information content (AvgIpc) is 2.14. The summed E-state index contributed by atoms with van der Waals surface area (Å²) >= 11 is 0. The molecule has 1 unspecified atom stereocenters. The van der Waals surface area contributed by atoms with Gasteiger partial charge in [0.25, 0.3) is 0 Å². The fourth-order valence-corrected chi connectivity index (χ4v) is 1.43. The Hall–Kier alpha value is -0.340. The smallest absolute Gasteiger partial charge is 0.0480 e. The van der Waals surface area contributed by atoms with Crippen LogP contribution in [0.25, 0.3) is 0 Å². The van der Waals surface area contributed by atoms with Crippen molar-refractivity contribution in [2.75, 3.05) is 19.8 Å². The molecule has 0 aromatic carbocycles. The first-order valence-corrected chi connectivity index (χ1v) is 5.66. The van der Waals surface area contributed by atoms with Crippen LogP contribution in [0, 0.1) is 0 Å². The molecule has 0 aliphatic carbocycles. The van der Waals surface area contributed by atoms with Gasteiger partial charge in [-0.15, -0.1) is 6.58 Å². The molecular weight excluding hydrogens is 174 g/mol. The molecule has 0 saturated carbocycles. The van der Waals surface area contributed by atoms with Crippen LogP contribution in [0.3, 0.4) is 0 Å². The molecule has 0 rings (SSSR count). The highest BCUT2D eigenvalue weighted by atomic mass is 16.5. The maximum Gasteiger partial charge on any atom is 0.0480 e. The lowest BCUT2D eigenvalue weighted by Gasteiger charge is -2.17. The van der Waals surface area contributed by atoms with Crippen molar-refractivity contribution in [3.8, 4) is 0 Å². The minimum Gasteiger partial charge on any atom is -0.382 e. The summed E-state index contributed by atoms with van der Waals surface area (Å²) in [5.74, 6) is 0. The monoisotopic (exact) mass is 199 g/mol. The second kappa shape index (κ2) is 9.22. The summed E-state index contributed by atoms with van der Waals surface area (Å²) in [6.45, 7) is 12.9. The molecule has 2 heteroatoms. The molecule has 0 bridgehead atoms. The first kappa shape index (κ1) is 13.7. The van der Waals surface area contributed by atoms with Crippen LogP contribution < -0.4 is 5.32 Å². The molecule has 1 N–H and O–H groups in total. The standard InChI is InChI=1S/C12H25NO/c1-5-13-12(8-7-11(3)4)9-10-14-6-2/h12-13H,3,5-10H2,1-2,4H3. The van der Waals surface area contributed by atoms with E-state index in [1.165, 1.54) is 12.0 Å². The predicted molar refractivity (Wildman–Crippen MR) is 62.6 cm³/mol. The first-order valence-electron chi connectivity index (χ1n) is 5.66. The van der Waals surface area contributed by atoms with Crippen LogP contribution in [0.5, 0.6) is 0 Å². The second-order valence-electron chi connectivity index (χ2n) is 3.74. The van der Waals surface area contributed by atoms with Gasteiger partial charge in [-0.1, -0.05) is 12.5 Å². The molecule has 0 saturated heterocycles. The molecule has 2 nitrogen and oxygen atoms in total. The van der Waals surface area contributed by atoms with E-state index in [9.17, 15) is 0 Å². The second-order valence-corrected chi connectivity index (χ2v) is 3.74. The summed E-state index contributed by atoms with van der Waals surface area (Å²) in [6, 6.07) is 0.586. The largest absolute Gasteiger partial charge is 0.382 e. The summed E-state index contributed by atoms with van der Waals surface area (Å²) < 4.78 is 5.35. The van der Waals surface area contributed by atoms with Crippen LogP contribution in [-0.4, -0.2) is 25.8 Å². The molecule has 1 atom stereocenters. The Morgan fingerprint density at radius 2 is 2.07 bits per heavy atom. The van der Waals surface area contributed by atoms with Gasteiger partial charge in [-0.05, 0) is 39.7 Å². The Labute approximate surface area is 88.7 Å². The van der Waals surface area contributed by atoms with E-state index in [0.717, 1.165) is 32.6 Å². The number of rotatable bonds is 9. The SMILES string of the molecule is C=C(C)CCC(CCOCC)NCC. The molecule has 0 radical (unpaired) electrons. The third-order valence-corrected chi connectivity index (χ3v) is 2.23. The lowest BCUT2D eigenvalue weighted by Crippen LogP contribution is -2.30. The van der Waals surface area contributed by atoms with Crippen LogP contribution in [0.1, 0.15) is 40.0 Å². The van der Waals surface area contributed by atoms with E-state index in [2.05, 4.69) is 25.7 Å². The topological polar surface area (TPSA) is 21.3 Å². The van der Waals surface area contributed by atoms with Gasteiger partial charge in [0.05, 0.1) is 0 Å². The van der Waals surface area contributed by atoms with E-state index >= 15 is 0 Å². The predicted octanol–water partition coefficient (Wildman–Crippen LogP) is 2.75. The number of hydrogen-bond donors (Lipinski definition) is 1. The zero-order chi connectivity index (χ0) is 10.8. The number of ether oxygens (including phenoxy) is 1. The third-order valence-electron chi connectivity index (χ3n) is 2.23. The van der Waals surface area contributed by atoms with Gasteiger partial charge in [0.2, 0.25) is 0 Å². The Morgan fingerprint density at radius 1 is 1.36 bits per heavy atom. The van der Waals surface area contributed by atoms with Crippen LogP contribution in [0.2, 0.25) is 0 Å². The zero-order valence-corrected chi connectivity index (χ0v) is 9.94. The maximum absolute atomic E-state index is 5.35. The van der Waals surface area contributed by atoms with Crippen LogP contribution >= 0.6 is 0 Å². The summed E-state index contributed by atoms with van der Waals surface area (Å²) in [7, 11) is 0. The molecule has 0 spiro atoms. The Bertz CT molecular complexity index is 145. The molecule has 84 valence electrons. The maximum atomic E-state index is 5.35. The van der Waals surface area contributed by atoms with E-state index in [-0.39, 0.29) is 0 Å². The quantitative estimate of drug-likeness (QED) is 0.455. The van der Waals surface area contributed by atoms with Gasteiger partial charge in [-0.25, -0.2) is 0 Å². The fraction of sp³-hybridized carbons (Fsp3) is 0.833. The molecule has 0 amide bonds. The molecule has 14 heavy (non-hydrogen) atoms. The van der Waals surface area contributed by atoms with Crippen molar-refractivity contribution >= 4 is 0 Å². The van der Waals surface area contributed by atoms with E-state index in [1.807, 2.05) is 6.92 Å². The van der Waals surface area contributed by atoms with E-state index in [0.29, 0.717) is 6.04 Å². The van der Waals surface area contributed by atoms with E-state index in [4.69, 9.17) is 4.74 Å². The summed E-state index contributed by atoms with van der Waals surface area (Å²) in [6.07, 6.45) is 3.40. The van der Waals surface area contributed by atoms with Crippen molar-refractivity contribution in [1.82, 2.24) is 5.32 Å². The van der Waals surface area contributed by atoms with Crippen molar-refractivity contribution < 1.29 is 4.74 Å². The highest BCUT2D eigenvalue weighted by Crippen LogP contribution is 2.07. The van der Waals surface area contributed by atoms with Gasteiger partial charge >= 0.3 is 0 Å². The average molecular weight is 199 g/mol. The molecule has 0 aromatic heterocycles. The highest BCUT2D eigenvalue weighted by molar-refractivity contribution is 4.89. The van der Waals surface area contributed by atoms with E-state index < -0.39 is 0 Å². The molecule has 0 aliphatic rings. The highest BCUT2D eigenvalue weighted by Gasteiger charge is 2.06. The summed E-state index contributed by atoms with van der Waals surface area (Å²) in [5, 5.41) is 3.48. The van der Waals surface area contributed by atoms with Gasteiger partial charge in [0, 0.05) is 19.3 Å². The first-order chi connectivity index (χ1) is 6.70. The van der Waals surface area contributed by atoms with Crippen molar-refractivity contribution in [2.45, 2.75) is 46.1 Å². The van der Waals surface area contributed by atoms with Crippen LogP contribution in [0.4, 0.5) is 0 Å². The van der Waals surface area contributed by atoms with Gasteiger partial charge < -0.3 is 10.1 Å². The summed E-state index contributed by atoms with van der Waals surface area (Å²) in [4.78, 5) is 0. The molecule has 0 heterocycles. The molecule has 0 aliphatic heterocycles. The Kier molecular flexibility index (Phi) is 9.00. The number of hydrogen-bond acceptors (Lipinski definition) is 2.